The molecule has 90 valence electrons. The number of amides is 2. The summed E-state index contributed by atoms with van der Waals surface area (Å²) in [6.45, 7) is 0.307. The summed E-state index contributed by atoms with van der Waals surface area (Å²) >= 11 is 0. The Kier molecular flexibility index (Phi) is 3.42. The van der Waals surface area contributed by atoms with Crippen LogP contribution in [0, 0.1) is 0 Å². The van der Waals surface area contributed by atoms with Gasteiger partial charge in [-0.25, -0.2) is 0 Å². The Morgan fingerprint density at radius 1 is 1.18 bits per heavy atom. The number of para-hydroxylation sites is 1. The zero-order valence-electron chi connectivity index (χ0n) is 9.81. The Morgan fingerprint density at radius 3 is 2.47 bits per heavy atom. The van der Waals surface area contributed by atoms with Crippen molar-refractivity contribution in [3.8, 4) is 5.75 Å². The van der Waals surface area contributed by atoms with Crippen molar-refractivity contribution >= 4 is 11.8 Å². The molecular weight excluding hydrogens is 218 g/mol. The van der Waals surface area contributed by atoms with Gasteiger partial charge in [0.25, 0.3) is 0 Å². The summed E-state index contributed by atoms with van der Waals surface area (Å²) in [6, 6.07) is 7.43. The van der Waals surface area contributed by atoms with Crippen LogP contribution in [-0.2, 0) is 16.1 Å². The van der Waals surface area contributed by atoms with Crippen LogP contribution in [0.25, 0.3) is 0 Å². The lowest BCUT2D eigenvalue weighted by Gasteiger charge is -2.25. The summed E-state index contributed by atoms with van der Waals surface area (Å²) in [5.74, 6) is 0.526. The van der Waals surface area contributed by atoms with Gasteiger partial charge in [-0.3, -0.25) is 14.5 Å². The first-order chi connectivity index (χ1) is 8.22. The summed E-state index contributed by atoms with van der Waals surface area (Å²) in [6.07, 6.45) is 1.59. The zero-order valence-corrected chi connectivity index (χ0v) is 9.81. The van der Waals surface area contributed by atoms with Crippen molar-refractivity contribution in [2.75, 3.05) is 7.11 Å². The summed E-state index contributed by atoms with van der Waals surface area (Å²) in [7, 11) is 1.58. The predicted molar refractivity (Wildman–Crippen MR) is 62.4 cm³/mol. The normalized spacial score (nSPS) is 16.2. The van der Waals surface area contributed by atoms with Gasteiger partial charge in [-0.2, -0.15) is 0 Å². The van der Waals surface area contributed by atoms with Gasteiger partial charge in [0.1, 0.15) is 5.75 Å². The van der Waals surface area contributed by atoms with E-state index < -0.39 is 0 Å². The van der Waals surface area contributed by atoms with Gasteiger partial charge in [0, 0.05) is 18.4 Å². The van der Waals surface area contributed by atoms with Crippen LogP contribution in [0.2, 0.25) is 0 Å². The quantitative estimate of drug-likeness (QED) is 0.747. The van der Waals surface area contributed by atoms with Crippen LogP contribution in [0.1, 0.15) is 24.8 Å². The molecule has 0 radical (unpaired) electrons. The molecule has 2 rings (SSSR count). The first-order valence-corrected chi connectivity index (χ1v) is 5.67. The number of ether oxygens (including phenoxy) is 1. The van der Waals surface area contributed by atoms with Gasteiger partial charge in [0.15, 0.2) is 0 Å². The van der Waals surface area contributed by atoms with Crippen LogP contribution in [0.5, 0.6) is 5.75 Å². The van der Waals surface area contributed by atoms with E-state index in [4.69, 9.17) is 4.74 Å². The van der Waals surface area contributed by atoms with Crippen LogP contribution in [0.15, 0.2) is 24.3 Å². The average Bonchev–Trinajstić information content (AvgIpc) is 2.34. The summed E-state index contributed by atoms with van der Waals surface area (Å²) in [4.78, 5) is 24.7. The van der Waals surface area contributed by atoms with E-state index in [0.29, 0.717) is 31.6 Å². The minimum atomic E-state index is -0.0906. The van der Waals surface area contributed by atoms with E-state index in [-0.39, 0.29) is 11.8 Å². The maximum atomic E-state index is 11.7. The van der Waals surface area contributed by atoms with E-state index in [2.05, 4.69) is 0 Å². The third kappa shape index (κ3) is 2.46. The van der Waals surface area contributed by atoms with Crippen molar-refractivity contribution in [1.29, 1.82) is 0 Å². The van der Waals surface area contributed by atoms with Crippen LogP contribution in [-0.4, -0.2) is 23.8 Å². The van der Waals surface area contributed by atoms with Gasteiger partial charge in [-0.1, -0.05) is 18.2 Å². The Balaban J connectivity index is 2.19. The Bertz CT molecular complexity index is 426. The number of rotatable bonds is 3. The van der Waals surface area contributed by atoms with E-state index in [1.165, 1.54) is 4.90 Å². The molecule has 1 aliphatic rings. The van der Waals surface area contributed by atoms with Crippen molar-refractivity contribution < 1.29 is 14.3 Å². The predicted octanol–water partition coefficient (Wildman–Crippen LogP) is 1.73. The molecule has 0 spiro atoms. The minimum Gasteiger partial charge on any atom is -0.496 e. The first-order valence-electron chi connectivity index (χ1n) is 5.67. The second kappa shape index (κ2) is 4.99. The maximum absolute atomic E-state index is 11.7. The highest BCUT2D eigenvalue weighted by molar-refractivity contribution is 5.97. The van der Waals surface area contributed by atoms with Crippen molar-refractivity contribution in [3.05, 3.63) is 29.8 Å². The molecule has 1 heterocycles. The lowest BCUT2D eigenvalue weighted by atomic mass is 10.1. The number of nitrogens with zero attached hydrogens (tertiary/aromatic N) is 1. The van der Waals surface area contributed by atoms with Crippen LogP contribution >= 0.6 is 0 Å². The zero-order chi connectivity index (χ0) is 12.3. The molecule has 0 unspecified atom stereocenters. The summed E-state index contributed by atoms with van der Waals surface area (Å²) < 4.78 is 5.21. The number of benzene rings is 1. The molecule has 4 heteroatoms. The third-order valence-corrected chi connectivity index (χ3v) is 2.90. The van der Waals surface area contributed by atoms with Gasteiger partial charge in [-0.15, -0.1) is 0 Å². The van der Waals surface area contributed by atoms with Crippen LogP contribution in [0.3, 0.4) is 0 Å². The summed E-state index contributed by atoms with van der Waals surface area (Å²) in [5, 5.41) is 0. The fourth-order valence-corrected chi connectivity index (χ4v) is 1.98. The highest BCUT2D eigenvalue weighted by atomic mass is 16.5. The number of methoxy groups -OCH3 is 1. The maximum Gasteiger partial charge on any atom is 0.229 e. The smallest absolute Gasteiger partial charge is 0.229 e. The SMILES string of the molecule is COc1ccccc1CN1C(=O)CCCC1=O. The lowest BCUT2D eigenvalue weighted by molar-refractivity contribution is -0.148. The Labute approximate surface area is 100 Å². The number of hydrogen-bond donors (Lipinski definition) is 0. The molecule has 1 saturated heterocycles. The molecule has 1 aromatic carbocycles. The van der Waals surface area contributed by atoms with E-state index >= 15 is 0 Å². The highest BCUT2D eigenvalue weighted by Gasteiger charge is 2.26. The highest BCUT2D eigenvalue weighted by Crippen LogP contribution is 2.22. The molecule has 1 aliphatic heterocycles. The van der Waals surface area contributed by atoms with Gasteiger partial charge in [-0.05, 0) is 12.5 Å². The molecule has 0 aromatic heterocycles. The summed E-state index contributed by atoms with van der Waals surface area (Å²) in [5.41, 5.74) is 0.860. The standard InChI is InChI=1S/C13H15NO3/c1-17-11-6-3-2-5-10(11)9-14-12(15)7-4-8-13(14)16/h2-3,5-6H,4,7-9H2,1H3. The Hall–Kier alpha value is -1.84. The molecule has 0 saturated carbocycles. The third-order valence-electron chi connectivity index (χ3n) is 2.90. The second-order valence-electron chi connectivity index (χ2n) is 4.04. The molecule has 0 N–H and O–H groups in total. The van der Waals surface area contributed by atoms with Crippen molar-refractivity contribution in [3.63, 3.8) is 0 Å². The molecule has 1 aromatic rings. The molecule has 2 amide bonds. The van der Waals surface area contributed by atoms with Gasteiger partial charge in [0.05, 0.1) is 13.7 Å². The van der Waals surface area contributed by atoms with Crippen LogP contribution in [0.4, 0.5) is 0 Å². The monoisotopic (exact) mass is 233 g/mol. The van der Waals surface area contributed by atoms with E-state index in [1.54, 1.807) is 7.11 Å². The average molecular weight is 233 g/mol. The number of likely N-dealkylation sites (tertiary alicyclic amines) is 1. The number of imide groups is 1. The number of carbonyl (C=O) groups excluding carboxylic acids is 2. The molecule has 0 bridgehead atoms. The first kappa shape index (κ1) is 11.6. The molecule has 1 fully saturated rings. The number of hydrogen-bond acceptors (Lipinski definition) is 3. The van der Waals surface area contributed by atoms with E-state index in [0.717, 1.165) is 5.56 Å². The van der Waals surface area contributed by atoms with E-state index in [9.17, 15) is 9.59 Å². The van der Waals surface area contributed by atoms with Gasteiger partial charge in [0.2, 0.25) is 11.8 Å². The van der Waals surface area contributed by atoms with Gasteiger partial charge >= 0.3 is 0 Å². The van der Waals surface area contributed by atoms with Gasteiger partial charge < -0.3 is 4.74 Å². The topological polar surface area (TPSA) is 46.6 Å². The Morgan fingerprint density at radius 2 is 1.82 bits per heavy atom. The molecule has 0 atom stereocenters. The molecule has 4 nitrogen and oxygen atoms in total. The molecular formula is C13H15NO3. The van der Waals surface area contributed by atoms with Crippen molar-refractivity contribution in [2.24, 2.45) is 0 Å². The van der Waals surface area contributed by atoms with Crippen molar-refractivity contribution in [2.45, 2.75) is 25.8 Å². The molecule has 0 aliphatic carbocycles. The second-order valence-corrected chi connectivity index (χ2v) is 4.04. The van der Waals surface area contributed by atoms with E-state index in [1.807, 2.05) is 24.3 Å². The number of carbonyl (C=O) groups is 2. The van der Waals surface area contributed by atoms with Crippen molar-refractivity contribution in [1.82, 2.24) is 4.90 Å². The largest absolute Gasteiger partial charge is 0.496 e. The fourth-order valence-electron chi connectivity index (χ4n) is 1.98. The number of piperidine rings is 1. The fraction of sp³-hybridized carbons (Fsp3) is 0.385. The molecule has 17 heavy (non-hydrogen) atoms. The van der Waals surface area contributed by atoms with Crippen LogP contribution < -0.4 is 4.74 Å². The lowest BCUT2D eigenvalue weighted by Crippen LogP contribution is -2.39. The minimum absolute atomic E-state index is 0.0906.